The van der Waals surface area contributed by atoms with Gasteiger partial charge in [-0.15, -0.1) is 0 Å². The van der Waals surface area contributed by atoms with Gasteiger partial charge in [0.15, 0.2) is 11.6 Å². The number of hydrogen-bond acceptors (Lipinski definition) is 3. The van der Waals surface area contributed by atoms with E-state index in [2.05, 4.69) is 5.32 Å². The topological polar surface area (TPSA) is 64.3 Å². The predicted molar refractivity (Wildman–Crippen MR) is 78.5 cm³/mol. The van der Waals surface area contributed by atoms with Gasteiger partial charge in [0.25, 0.3) is 5.91 Å². The minimum Gasteiger partial charge on any atom is -0.494 e. The molecule has 2 aromatic carbocycles. The number of rotatable bonds is 5. The van der Waals surface area contributed by atoms with E-state index in [0.29, 0.717) is 18.7 Å². The van der Waals surface area contributed by atoms with Crippen molar-refractivity contribution in [1.29, 1.82) is 0 Å². The Morgan fingerprint density at radius 3 is 2.71 bits per heavy atom. The van der Waals surface area contributed by atoms with Gasteiger partial charge in [-0.05, 0) is 29.3 Å². The van der Waals surface area contributed by atoms with Crippen LogP contribution in [0.15, 0.2) is 42.5 Å². The molecule has 5 heteroatoms. The Morgan fingerprint density at radius 1 is 1.24 bits per heavy atom. The first kappa shape index (κ1) is 15.0. The standard InChI is InChI=1S/C16H17FN2O2/c1-21-15-8-13(5-6-14(15)17)16(20)19-10-12-4-2-3-11(7-12)9-18/h2-8H,9-10,18H2,1H3,(H,19,20). The van der Waals surface area contributed by atoms with Gasteiger partial charge < -0.3 is 15.8 Å². The summed E-state index contributed by atoms with van der Waals surface area (Å²) in [6.07, 6.45) is 0. The van der Waals surface area contributed by atoms with Crippen LogP contribution >= 0.6 is 0 Å². The van der Waals surface area contributed by atoms with Crippen LogP contribution in [0.4, 0.5) is 4.39 Å². The Kier molecular flexibility index (Phi) is 4.90. The molecule has 4 nitrogen and oxygen atoms in total. The number of ether oxygens (including phenoxy) is 1. The summed E-state index contributed by atoms with van der Waals surface area (Å²) in [7, 11) is 1.36. The second kappa shape index (κ2) is 6.85. The number of methoxy groups -OCH3 is 1. The van der Waals surface area contributed by atoms with Crippen molar-refractivity contribution in [3.63, 3.8) is 0 Å². The third kappa shape index (κ3) is 3.79. The second-order valence-electron chi connectivity index (χ2n) is 4.56. The Balaban J connectivity index is 2.04. The van der Waals surface area contributed by atoms with Gasteiger partial charge in [0.05, 0.1) is 7.11 Å². The lowest BCUT2D eigenvalue weighted by Crippen LogP contribution is -2.23. The molecule has 0 saturated heterocycles. The molecule has 0 bridgehead atoms. The van der Waals surface area contributed by atoms with Crippen molar-refractivity contribution in [3.8, 4) is 5.75 Å². The minimum atomic E-state index is -0.496. The van der Waals surface area contributed by atoms with Gasteiger partial charge in [-0.25, -0.2) is 4.39 Å². The molecular formula is C16H17FN2O2. The maximum atomic E-state index is 13.3. The monoisotopic (exact) mass is 288 g/mol. The summed E-state index contributed by atoms with van der Waals surface area (Å²) in [5, 5.41) is 2.78. The van der Waals surface area contributed by atoms with Crippen molar-refractivity contribution >= 4 is 5.91 Å². The highest BCUT2D eigenvalue weighted by molar-refractivity contribution is 5.94. The highest BCUT2D eigenvalue weighted by Crippen LogP contribution is 2.18. The quantitative estimate of drug-likeness (QED) is 0.886. The molecule has 0 spiro atoms. The van der Waals surface area contributed by atoms with E-state index in [0.717, 1.165) is 11.1 Å². The average Bonchev–Trinajstić information content (AvgIpc) is 2.53. The molecule has 0 aromatic heterocycles. The van der Waals surface area contributed by atoms with Crippen molar-refractivity contribution < 1.29 is 13.9 Å². The van der Waals surface area contributed by atoms with Gasteiger partial charge in [-0.2, -0.15) is 0 Å². The first-order chi connectivity index (χ1) is 10.1. The van der Waals surface area contributed by atoms with E-state index >= 15 is 0 Å². The molecule has 3 N–H and O–H groups in total. The van der Waals surface area contributed by atoms with Gasteiger partial charge in [-0.3, -0.25) is 4.79 Å². The van der Waals surface area contributed by atoms with Crippen LogP contribution in [0.2, 0.25) is 0 Å². The molecule has 0 atom stereocenters. The first-order valence-corrected chi connectivity index (χ1v) is 6.53. The molecule has 0 aliphatic heterocycles. The summed E-state index contributed by atoms with van der Waals surface area (Å²) < 4.78 is 18.2. The molecule has 0 heterocycles. The van der Waals surface area contributed by atoms with Gasteiger partial charge >= 0.3 is 0 Å². The molecule has 21 heavy (non-hydrogen) atoms. The zero-order chi connectivity index (χ0) is 15.2. The Morgan fingerprint density at radius 2 is 2.00 bits per heavy atom. The van der Waals surface area contributed by atoms with Crippen molar-refractivity contribution in [2.75, 3.05) is 7.11 Å². The minimum absolute atomic E-state index is 0.0489. The van der Waals surface area contributed by atoms with E-state index in [1.807, 2.05) is 24.3 Å². The summed E-state index contributed by atoms with van der Waals surface area (Å²) in [5.41, 5.74) is 7.89. The number of nitrogens with one attached hydrogen (secondary N) is 1. The maximum absolute atomic E-state index is 13.3. The van der Waals surface area contributed by atoms with Gasteiger partial charge in [0, 0.05) is 18.7 Å². The van der Waals surface area contributed by atoms with Crippen LogP contribution in [0.25, 0.3) is 0 Å². The van der Waals surface area contributed by atoms with Crippen LogP contribution in [0.5, 0.6) is 5.75 Å². The number of carbonyl (C=O) groups excluding carboxylic acids is 1. The SMILES string of the molecule is COc1cc(C(=O)NCc2cccc(CN)c2)ccc1F. The molecule has 2 aromatic rings. The third-order valence-corrected chi connectivity index (χ3v) is 3.09. The molecule has 0 aliphatic carbocycles. The van der Waals surface area contributed by atoms with Crippen LogP contribution in [0.3, 0.4) is 0 Å². The van der Waals surface area contributed by atoms with Crippen LogP contribution in [-0.4, -0.2) is 13.0 Å². The second-order valence-corrected chi connectivity index (χ2v) is 4.56. The number of amides is 1. The summed E-state index contributed by atoms with van der Waals surface area (Å²) in [4.78, 5) is 12.0. The van der Waals surface area contributed by atoms with Crippen LogP contribution in [0, 0.1) is 5.82 Å². The smallest absolute Gasteiger partial charge is 0.251 e. The van der Waals surface area contributed by atoms with Gasteiger partial charge in [0.2, 0.25) is 0 Å². The molecule has 110 valence electrons. The largest absolute Gasteiger partial charge is 0.494 e. The fraction of sp³-hybridized carbons (Fsp3) is 0.188. The fourth-order valence-corrected chi connectivity index (χ4v) is 1.95. The lowest BCUT2D eigenvalue weighted by molar-refractivity contribution is 0.0950. The van der Waals surface area contributed by atoms with E-state index in [9.17, 15) is 9.18 Å². The predicted octanol–water partition coefficient (Wildman–Crippen LogP) is 2.22. The van der Waals surface area contributed by atoms with Gasteiger partial charge in [0.1, 0.15) is 0 Å². The van der Waals surface area contributed by atoms with Crippen molar-refractivity contribution in [1.82, 2.24) is 5.32 Å². The summed E-state index contributed by atoms with van der Waals surface area (Å²) in [6.45, 7) is 0.837. The van der Waals surface area contributed by atoms with Crippen molar-refractivity contribution in [2.24, 2.45) is 5.73 Å². The third-order valence-electron chi connectivity index (χ3n) is 3.09. The van der Waals surface area contributed by atoms with E-state index < -0.39 is 5.82 Å². The fourth-order valence-electron chi connectivity index (χ4n) is 1.95. The van der Waals surface area contributed by atoms with E-state index in [1.165, 1.54) is 25.3 Å². The molecular weight excluding hydrogens is 271 g/mol. The molecule has 0 unspecified atom stereocenters. The lowest BCUT2D eigenvalue weighted by atomic mass is 10.1. The van der Waals surface area contributed by atoms with Crippen LogP contribution in [0.1, 0.15) is 21.5 Å². The summed E-state index contributed by atoms with van der Waals surface area (Å²) >= 11 is 0. The highest BCUT2D eigenvalue weighted by Gasteiger charge is 2.10. The molecule has 1 amide bonds. The Hall–Kier alpha value is -2.40. The molecule has 0 radical (unpaired) electrons. The first-order valence-electron chi connectivity index (χ1n) is 6.53. The Bertz CT molecular complexity index is 644. The van der Waals surface area contributed by atoms with E-state index in [-0.39, 0.29) is 11.7 Å². The normalized spacial score (nSPS) is 10.2. The maximum Gasteiger partial charge on any atom is 0.251 e. The van der Waals surface area contributed by atoms with Crippen LogP contribution < -0.4 is 15.8 Å². The summed E-state index contributed by atoms with van der Waals surface area (Å²) in [5.74, 6) is -0.732. The molecule has 0 fully saturated rings. The average molecular weight is 288 g/mol. The number of benzene rings is 2. The zero-order valence-corrected chi connectivity index (χ0v) is 11.7. The zero-order valence-electron chi connectivity index (χ0n) is 11.7. The van der Waals surface area contributed by atoms with Crippen molar-refractivity contribution in [3.05, 3.63) is 65.0 Å². The molecule has 2 rings (SSSR count). The van der Waals surface area contributed by atoms with E-state index in [1.54, 1.807) is 0 Å². The van der Waals surface area contributed by atoms with Crippen molar-refractivity contribution in [2.45, 2.75) is 13.1 Å². The number of nitrogens with two attached hydrogens (primary N) is 1. The number of hydrogen-bond donors (Lipinski definition) is 2. The number of halogens is 1. The van der Waals surface area contributed by atoms with Gasteiger partial charge in [-0.1, -0.05) is 24.3 Å². The molecule has 0 saturated carbocycles. The highest BCUT2D eigenvalue weighted by atomic mass is 19.1. The lowest BCUT2D eigenvalue weighted by Gasteiger charge is -2.08. The molecule has 0 aliphatic rings. The van der Waals surface area contributed by atoms with E-state index in [4.69, 9.17) is 10.5 Å². The number of carbonyl (C=O) groups is 1. The Labute approximate surface area is 122 Å². The summed E-state index contributed by atoms with van der Waals surface area (Å²) in [6, 6.07) is 11.7. The van der Waals surface area contributed by atoms with Crippen LogP contribution in [-0.2, 0) is 13.1 Å².